The third kappa shape index (κ3) is 3.17. The third-order valence-corrected chi connectivity index (χ3v) is 5.45. The van der Waals surface area contributed by atoms with Crippen LogP contribution in [0.5, 0.6) is 0 Å². The predicted octanol–water partition coefficient (Wildman–Crippen LogP) is 3.93. The summed E-state index contributed by atoms with van der Waals surface area (Å²) in [5.74, 6) is 0. The standard InChI is InChI=1S/C22H26N2/c1-23-14-16-24(17-15-23)13-12-19-10-11-22-20(8-5-9-21(19)22)18-6-3-2-4-7-18/h2-10H,11-17H2,1H3. The number of allylic oxidation sites excluding steroid dienone is 1. The van der Waals surface area contributed by atoms with Crippen molar-refractivity contribution in [3.8, 4) is 11.1 Å². The van der Waals surface area contributed by atoms with E-state index in [1.54, 1.807) is 5.57 Å². The van der Waals surface area contributed by atoms with Crippen LogP contribution in [0.1, 0.15) is 17.5 Å². The second-order valence-electron chi connectivity index (χ2n) is 7.03. The molecule has 4 rings (SSSR count). The van der Waals surface area contributed by atoms with Gasteiger partial charge in [0.25, 0.3) is 0 Å². The Morgan fingerprint density at radius 3 is 2.38 bits per heavy atom. The van der Waals surface area contributed by atoms with E-state index >= 15 is 0 Å². The van der Waals surface area contributed by atoms with Crippen molar-refractivity contribution in [1.82, 2.24) is 9.80 Å². The second-order valence-corrected chi connectivity index (χ2v) is 7.03. The van der Waals surface area contributed by atoms with Crippen LogP contribution in [0.4, 0.5) is 0 Å². The van der Waals surface area contributed by atoms with Crippen molar-refractivity contribution in [3.05, 3.63) is 65.7 Å². The molecule has 1 aliphatic carbocycles. The molecule has 0 N–H and O–H groups in total. The Balaban J connectivity index is 1.48. The first-order chi connectivity index (χ1) is 11.8. The summed E-state index contributed by atoms with van der Waals surface area (Å²) in [6.07, 6.45) is 4.71. The van der Waals surface area contributed by atoms with Crippen molar-refractivity contribution in [2.45, 2.75) is 12.8 Å². The highest BCUT2D eigenvalue weighted by molar-refractivity contribution is 5.81. The number of fused-ring (bicyclic) bond motifs is 1. The molecule has 2 heteroatoms. The fraction of sp³-hybridized carbons (Fsp3) is 0.364. The van der Waals surface area contributed by atoms with Crippen molar-refractivity contribution in [1.29, 1.82) is 0 Å². The topological polar surface area (TPSA) is 6.48 Å². The molecule has 1 heterocycles. The Kier molecular flexibility index (Phi) is 4.50. The van der Waals surface area contributed by atoms with Gasteiger partial charge in [0.15, 0.2) is 0 Å². The monoisotopic (exact) mass is 318 g/mol. The molecule has 0 atom stereocenters. The first kappa shape index (κ1) is 15.6. The van der Waals surface area contributed by atoms with Gasteiger partial charge in [-0.3, -0.25) is 0 Å². The number of likely N-dealkylation sites (N-methyl/N-ethyl adjacent to an activating group) is 1. The number of nitrogens with zero attached hydrogens (tertiary/aromatic N) is 2. The zero-order valence-electron chi connectivity index (χ0n) is 14.5. The molecule has 0 radical (unpaired) electrons. The number of rotatable bonds is 4. The molecule has 2 aliphatic rings. The Morgan fingerprint density at radius 1 is 0.833 bits per heavy atom. The van der Waals surface area contributed by atoms with E-state index in [-0.39, 0.29) is 0 Å². The van der Waals surface area contributed by atoms with Crippen molar-refractivity contribution in [3.63, 3.8) is 0 Å². The Labute approximate surface area is 145 Å². The van der Waals surface area contributed by atoms with Crippen LogP contribution in [-0.4, -0.2) is 49.6 Å². The molecule has 1 aliphatic heterocycles. The van der Waals surface area contributed by atoms with E-state index in [9.17, 15) is 0 Å². The summed E-state index contributed by atoms with van der Waals surface area (Å²) in [6.45, 7) is 6.01. The second kappa shape index (κ2) is 6.92. The van der Waals surface area contributed by atoms with E-state index < -0.39 is 0 Å². The summed E-state index contributed by atoms with van der Waals surface area (Å²) in [5, 5.41) is 0. The van der Waals surface area contributed by atoms with Crippen molar-refractivity contribution >= 4 is 5.57 Å². The lowest BCUT2D eigenvalue weighted by Crippen LogP contribution is -2.44. The zero-order valence-corrected chi connectivity index (χ0v) is 14.5. The van der Waals surface area contributed by atoms with Crippen molar-refractivity contribution < 1.29 is 0 Å². The average Bonchev–Trinajstić information content (AvgIpc) is 3.05. The Hall–Kier alpha value is -1.90. The molecule has 0 aromatic heterocycles. The van der Waals surface area contributed by atoms with E-state index in [0.717, 1.165) is 6.42 Å². The number of benzene rings is 2. The SMILES string of the molecule is CN1CCN(CCC2=CCc3c2cccc3-c2ccccc2)CC1. The molecular formula is C22H26N2. The summed E-state index contributed by atoms with van der Waals surface area (Å²) in [5.41, 5.74) is 7.27. The molecule has 0 bridgehead atoms. The summed E-state index contributed by atoms with van der Waals surface area (Å²) >= 11 is 0. The molecule has 1 saturated heterocycles. The molecule has 2 nitrogen and oxygen atoms in total. The van der Waals surface area contributed by atoms with Gasteiger partial charge >= 0.3 is 0 Å². The maximum atomic E-state index is 2.61. The van der Waals surface area contributed by atoms with Crippen molar-refractivity contribution in [2.24, 2.45) is 0 Å². The molecule has 124 valence electrons. The first-order valence-corrected chi connectivity index (χ1v) is 9.09. The van der Waals surface area contributed by atoms with Gasteiger partial charge in [-0.1, -0.05) is 54.6 Å². The van der Waals surface area contributed by atoms with Gasteiger partial charge < -0.3 is 9.80 Å². The van der Waals surface area contributed by atoms with Crippen LogP contribution >= 0.6 is 0 Å². The summed E-state index contributed by atoms with van der Waals surface area (Å²) < 4.78 is 0. The van der Waals surface area contributed by atoms with Crippen LogP contribution in [0.2, 0.25) is 0 Å². The van der Waals surface area contributed by atoms with Crippen LogP contribution in [0, 0.1) is 0 Å². The summed E-state index contributed by atoms with van der Waals surface area (Å²) in [7, 11) is 2.22. The lowest BCUT2D eigenvalue weighted by atomic mass is 9.94. The molecule has 1 fully saturated rings. The number of hydrogen-bond donors (Lipinski definition) is 0. The lowest BCUT2D eigenvalue weighted by Gasteiger charge is -2.32. The van der Waals surface area contributed by atoms with E-state index in [1.165, 1.54) is 61.4 Å². The minimum Gasteiger partial charge on any atom is -0.304 e. The van der Waals surface area contributed by atoms with Gasteiger partial charge in [0.05, 0.1) is 0 Å². The third-order valence-electron chi connectivity index (χ3n) is 5.45. The summed E-state index contributed by atoms with van der Waals surface area (Å²) in [6, 6.07) is 17.6. The highest BCUT2D eigenvalue weighted by atomic mass is 15.2. The molecule has 2 aromatic carbocycles. The van der Waals surface area contributed by atoms with E-state index in [4.69, 9.17) is 0 Å². The molecule has 2 aromatic rings. The Bertz CT molecular complexity index is 725. The van der Waals surface area contributed by atoms with E-state index in [1.807, 2.05) is 0 Å². The minimum absolute atomic E-state index is 1.08. The van der Waals surface area contributed by atoms with Gasteiger partial charge in [0.2, 0.25) is 0 Å². The van der Waals surface area contributed by atoms with Gasteiger partial charge in [-0.2, -0.15) is 0 Å². The molecular weight excluding hydrogens is 292 g/mol. The number of piperazine rings is 1. The predicted molar refractivity (Wildman–Crippen MR) is 102 cm³/mol. The van der Waals surface area contributed by atoms with Crippen LogP contribution in [0.3, 0.4) is 0 Å². The van der Waals surface area contributed by atoms with Crippen LogP contribution in [0.15, 0.2) is 54.6 Å². The average molecular weight is 318 g/mol. The molecule has 24 heavy (non-hydrogen) atoms. The molecule has 0 unspecified atom stereocenters. The molecule has 0 saturated carbocycles. The van der Waals surface area contributed by atoms with Crippen LogP contribution < -0.4 is 0 Å². The van der Waals surface area contributed by atoms with Gasteiger partial charge in [0, 0.05) is 32.7 Å². The number of hydrogen-bond acceptors (Lipinski definition) is 2. The highest BCUT2D eigenvalue weighted by Crippen LogP contribution is 2.36. The van der Waals surface area contributed by atoms with E-state index in [0.29, 0.717) is 0 Å². The molecule has 0 spiro atoms. The largest absolute Gasteiger partial charge is 0.304 e. The first-order valence-electron chi connectivity index (χ1n) is 9.09. The van der Waals surface area contributed by atoms with Gasteiger partial charge in [-0.05, 0) is 47.7 Å². The zero-order chi connectivity index (χ0) is 16.4. The molecule has 0 amide bonds. The maximum Gasteiger partial charge on any atom is 0.0110 e. The van der Waals surface area contributed by atoms with Crippen LogP contribution in [0.25, 0.3) is 16.7 Å². The smallest absolute Gasteiger partial charge is 0.0110 e. The van der Waals surface area contributed by atoms with Crippen molar-refractivity contribution in [2.75, 3.05) is 39.8 Å². The minimum atomic E-state index is 1.08. The normalized spacial score (nSPS) is 18.5. The van der Waals surface area contributed by atoms with Gasteiger partial charge in [-0.25, -0.2) is 0 Å². The van der Waals surface area contributed by atoms with E-state index in [2.05, 4.69) is 71.5 Å². The lowest BCUT2D eigenvalue weighted by molar-refractivity contribution is 0.157. The van der Waals surface area contributed by atoms with Crippen LogP contribution in [-0.2, 0) is 6.42 Å². The Morgan fingerprint density at radius 2 is 1.58 bits per heavy atom. The fourth-order valence-electron chi connectivity index (χ4n) is 3.92. The maximum absolute atomic E-state index is 2.61. The fourth-order valence-corrected chi connectivity index (χ4v) is 3.92. The highest BCUT2D eigenvalue weighted by Gasteiger charge is 2.19. The van der Waals surface area contributed by atoms with Gasteiger partial charge in [0.1, 0.15) is 0 Å². The quantitative estimate of drug-likeness (QED) is 0.843. The summed E-state index contributed by atoms with van der Waals surface area (Å²) in [4.78, 5) is 5.03. The van der Waals surface area contributed by atoms with Gasteiger partial charge in [-0.15, -0.1) is 0 Å².